The molecule has 0 aromatic heterocycles. The summed E-state index contributed by atoms with van der Waals surface area (Å²) in [5, 5.41) is 0. The predicted molar refractivity (Wildman–Crippen MR) is 118 cm³/mol. The van der Waals surface area contributed by atoms with Crippen LogP contribution < -0.4 is 59.1 Å². The molecule has 0 rings (SSSR count). The van der Waals surface area contributed by atoms with Gasteiger partial charge in [0, 0.05) is 0 Å². The Kier molecular flexibility index (Phi) is 26.9. The third-order valence-corrected chi connectivity index (χ3v) is 5.55. The molecule has 2 unspecified atom stereocenters. The van der Waals surface area contributed by atoms with Crippen LogP contribution in [0, 0.1) is 0 Å². The van der Waals surface area contributed by atoms with E-state index in [1.807, 2.05) is 13.8 Å². The summed E-state index contributed by atoms with van der Waals surface area (Å²) in [5.74, 6) is -3.11. The van der Waals surface area contributed by atoms with Crippen LogP contribution in [0.15, 0.2) is 0 Å². The van der Waals surface area contributed by atoms with Gasteiger partial charge < -0.3 is 18.6 Å². The van der Waals surface area contributed by atoms with E-state index < -0.39 is 44.9 Å². The summed E-state index contributed by atoms with van der Waals surface area (Å²) in [4.78, 5) is 24.7. The summed E-state index contributed by atoms with van der Waals surface area (Å²) in [5.41, 5.74) is 0. The van der Waals surface area contributed by atoms with Gasteiger partial charge in [-0.05, 0) is 12.8 Å². The minimum absolute atomic E-state index is 0. The number of hydrogen-bond donors (Lipinski definition) is 0. The van der Waals surface area contributed by atoms with Crippen LogP contribution in [0.5, 0.6) is 0 Å². The fraction of sp³-hybridized carbons (Fsp3) is 0.900. The van der Waals surface area contributed by atoms with Crippen LogP contribution in [0.25, 0.3) is 0 Å². The Morgan fingerprint density at radius 2 is 0.861 bits per heavy atom. The maximum atomic E-state index is 12.3. The predicted octanol–water partition coefficient (Wildman–Crippen LogP) is -3.51. The van der Waals surface area contributed by atoms with Crippen molar-refractivity contribution in [2.45, 2.75) is 103 Å². The van der Waals surface area contributed by atoms with E-state index in [0.29, 0.717) is 25.7 Å². The molecular weight excluding hydrogens is 542 g/mol. The molecule has 0 amide bonds. The number of hydrogen-bond acceptors (Lipinski definition) is 12. The van der Waals surface area contributed by atoms with Crippen molar-refractivity contribution in [3.8, 4) is 0 Å². The molecule has 2 atom stereocenters. The maximum absolute atomic E-state index is 12.3. The smallest absolute Gasteiger partial charge is 0.725 e. The molecule has 0 aromatic rings. The fourth-order valence-corrected chi connectivity index (χ4v) is 3.82. The van der Waals surface area contributed by atoms with Gasteiger partial charge in [-0.1, -0.05) is 78.1 Å². The molecule has 0 spiro atoms. The van der Waals surface area contributed by atoms with Crippen LogP contribution in [-0.2, 0) is 48.2 Å². The molecule has 0 aliphatic carbocycles. The van der Waals surface area contributed by atoms with Crippen LogP contribution in [0.2, 0.25) is 0 Å². The quantitative estimate of drug-likeness (QED) is 0.0431. The molecular formula is C20H36Na2O12S2. The number of esters is 2. The average Bonchev–Trinajstić information content (AvgIpc) is 2.73. The number of carbonyl (C=O) groups excluding carboxylic acids is 2. The first-order chi connectivity index (χ1) is 15.9. The van der Waals surface area contributed by atoms with Crippen LogP contribution >= 0.6 is 0 Å². The van der Waals surface area contributed by atoms with Crippen molar-refractivity contribution in [1.82, 2.24) is 0 Å². The second-order valence-electron chi connectivity index (χ2n) is 7.72. The minimum atomic E-state index is -5.62. The number of rotatable bonds is 21. The van der Waals surface area contributed by atoms with E-state index in [1.54, 1.807) is 0 Å². The maximum Gasteiger partial charge on any atom is 1.00 e. The van der Waals surface area contributed by atoms with E-state index in [-0.39, 0.29) is 72.3 Å². The topological polar surface area (TPSA) is 185 Å². The molecule has 0 fully saturated rings. The summed E-state index contributed by atoms with van der Waals surface area (Å²) < 4.78 is 84.2. The molecule has 202 valence electrons. The molecule has 12 nitrogen and oxygen atoms in total. The van der Waals surface area contributed by atoms with E-state index in [9.17, 15) is 35.5 Å². The molecule has 0 aromatic carbocycles. The van der Waals surface area contributed by atoms with Crippen molar-refractivity contribution in [1.29, 1.82) is 0 Å². The second kappa shape index (κ2) is 23.6. The van der Waals surface area contributed by atoms with Crippen molar-refractivity contribution in [2.75, 3.05) is 13.2 Å². The van der Waals surface area contributed by atoms with Crippen molar-refractivity contribution >= 4 is 32.7 Å². The van der Waals surface area contributed by atoms with Gasteiger partial charge in [-0.3, -0.25) is 8.37 Å². The van der Waals surface area contributed by atoms with Gasteiger partial charge in [0.15, 0.2) is 0 Å². The van der Waals surface area contributed by atoms with Crippen molar-refractivity contribution in [2.24, 2.45) is 0 Å². The molecule has 0 saturated carbocycles. The third kappa shape index (κ3) is 23.8. The summed E-state index contributed by atoms with van der Waals surface area (Å²) in [6.45, 7) is 3.66. The molecule has 0 radical (unpaired) electrons. The Morgan fingerprint density at radius 3 is 1.14 bits per heavy atom. The van der Waals surface area contributed by atoms with Gasteiger partial charge in [-0.2, -0.15) is 0 Å². The zero-order valence-electron chi connectivity index (χ0n) is 21.8. The van der Waals surface area contributed by atoms with Crippen LogP contribution in [0.4, 0.5) is 0 Å². The van der Waals surface area contributed by atoms with Crippen LogP contribution in [-0.4, -0.2) is 63.3 Å². The van der Waals surface area contributed by atoms with Crippen molar-refractivity contribution < 1.29 is 112 Å². The van der Waals surface area contributed by atoms with E-state index in [2.05, 4.69) is 8.37 Å². The normalized spacial score (nSPS) is 13.1. The van der Waals surface area contributed by atoms with E-state index in [4.69, 9.17) is 9.47 Å². The van der Waals surface area contributed by atoms with E-state index in [0.717, 1.165) is 51.4 Å². The molecule has 0 bridgehead atoms. The number of unbranched alkanes of at least 4 members (excludes halogenated alkanes) is 10. The van der Waals surface area contributed by atoms with E-state index in [1.165, 1.54) is 0 Å². The fourth-order valence-electron chi connectivity index (χ4n) is 2.96. The van der Waals surface area contributed by atoms with E-state index >= 15 is 0 Å². The SMILES string of the molecule is CCCCCCCCOC(=O)C(OS(=O)(=O)[O-])C(OS(=O)(=O)[O-])C(=O)OCCCCCCCC.[Na+].[Na+]. The molecule has 36 heavy (non-hydrogen) atoms. The first kappa shape index (κ1) is 41.2. The Balaban J connectivity index is -0.00000544. The van der Waals surface area contributed by atoms with Crippen molar-refractivity contribution in [3.63, 3.8) is 0 Å². The zero-order chi connectivity index (χ0) is 26.0. The van der Waals surface area contributed by atoms with Gasteiger partial charge in [0.05, 0.1) is 13.2 Å². The van der Waals surface area contributed by atoms with Crippen LogP contribution in [0.1, 0.15) is 90.9 Å². The average molecular weight is 579 g/mol. The number of ether oxygens (including phenoxy) is 2. The van der Waals surface area contributed by atoms with Crippen molar-refractivity contribution in [3.05, 3.63) is 0 Å². The van der Waals surface area contributed by atoms with Gasteiger partial charge in [-0.15, -0.1) is 0 Å². The molecule has 0 heterocycles. The minimum Gasteiger partial charge on any atom is -0.725 e. The second-order valence-corrected chi connectivity index (χ2v) is 9.74. The van der Waals surface area contributed by atoms with Crippen LogP contribution in [0.3, 0.4) is 0 Å². The third-order valence-electron chi connectivity index (χ3n) is 4.67. The Bertz CT molecular complexity index is 725. The largest absolute Gasteiger partial charge is 1.00 e. The molecule has 16 heteroatoms. The Morgan fingerprint density at radius 1 is 0.583 bits per heavy atom. The van der Waals surface area contributed by atoms with Gasteiger partial charge in [0.25, 0.3) is 0 Å². The van der Waals surface area contributed by atoms with Gasteiger partial charge in [-0.25, -0.2) is 26.4 Å². The summed E-state index contributed by atoms with van der Waals surface area (Å²) >= 11 is 0. The summed E-state index contributed by atoms with van der Waals surface area (Å²) in [6, 6.07) is 0. The Labute approximate surface area is 259 Å². The van der Waals surface area contributed by atoms with Gasteiger partial charge in [0.2, 0.25) is 33.0 Å². The number of carbonyl (C=O) groups is 2. The molecule has 0 aliphatic heterocycles. The first-order valence-electron chi connectivity index (χ1n) is 11.5. The summed E-state index contributed by atoms with van der Waals surface area (Å²) in [6.07, 6.45) is 4.68. The van der Waals surface area contributed by atoms with Gasteiger partial charge in [0.1, 0.15) is 0 Å². The standard InChI is InChI=1S/C20H38O12S2.2Na/c1-3-5-7-9-11-13-15-29-19(21)17(31-33(23,24)25)18(32-34(26,27)28)20(22)30-16-14-12-10-8-6-4-2;;/h17-18H,3-16H2,1-2H3,(H,23,24,25)(H,26,27,28);;/q;2*+1/p-2. The molecule has 0 aliphatic rings. The molecule has 0 N–H and O–H groups in total. The monoisotopic (exact) mass is 578 g/mol. The first-order valence-corrected chi connectivity index (χ1v) is 14.2. The summed E-state index contributed by atoms with van der Waals surface area (Å²) in [7, 11) is -11.2. The van der Waals surface area contributed by atoms with Gasteiger partial charge >= 0.3 is 71.1 Å². The zero-order valence-corrected chi connectivity index (χ0v) is 27.4. The Hall–Kier alpha value is 0.680. The molecule has 0 saturated heterocycles.